The molecule has 10 heteroatoms. The van der Waals surface area contributed by atoms with Crippen LogP contribution in [0, 0.1) is 0 Å². The van der Waals surface area contributed by atoms with Crippen molar-refractivity contribution in [3.8, 4) is 5.75 Å². The van der Waals surface area contributed by atoms with Gasteiger partial charge in [-0.15, -0.1) is 0 Å². The number of amides is 1. The SMILES string of the molecule is CC(C)(C)OC(=O)c1c(Cl)cccc1Cl.CC(C)(C)OC(=O)c1ccc2c(O)c1NC(=O)OC2. The zero-order chi connectivity index (χ0) is 25.8. The molecular formula is C24H27Cl2NO7. The standard InChI is InChI=1S/C13H15NO5.C11H12Cl2O2/c1-13(2,3)19-11(16)8-5-4-7-6-18-12(17)14-9(8)10(7)15;1-11(2,3)15-10(14)9-7(12)5-4-6-8(9)13/h4-5,15H,6H2,1-3H3,(H,14,17);4-6H,1-3H3. The minimum Gasteiger partial charge on any atom is -0.505 e. The number of hydrogen-bond donors (Lipinski definition) is 2. The Morgan fingerprint density at radius 1 is 0.941 bits per heavy atom. The van der Waals surface area contributed by atoms with E-state index >= 15 is 0 Å². The van der Waals surface area contributed by atoms with Crippen LogP contribution in [-0.4, -0.2) is 34.3 Å². The van der Waals surface area contributed by atoms with Gasteiger partial charge in [-0.2, -0.15) is 0 Å². The molecule has 2 N–H and O–H groups in total. The molecule has 0 aliphatic carbocycles. The van der Waals surface area contributed by atoms with Crippen LogP contribution in [0.5, 0.6) is 5.75 Å². The van der Waals surface area contributed by atoms with Crippen LogP contribution in [0.1, 0.15) is 67.8 Å². The van der Waals surface area contributed by atoms with Crippen molar-refractivity contribution in [3.05, 3.63) is 57.1 Å². The molecule has 3 rings (SSSR count). The van der Waals surface area contributed by atoms with Gasteiger partial charge in [0.15, 0.2) is 0 Å². The topological polar surface area (TPSA) is 111 Å². The van der Waals surface area contributed by atoms with Gasteiger partial charge in [-0.25, -0.2) is 14.4 Å². The molecule has 1 aliphatic heterocycles. The minimum atomic E-state index is -0.721. The third kappa shape index (κ3) is 7.53. The van der Waals surface area contributed by atoms with E-state index in [1.54, 1.807) is 59.7 Å². The van der Waals surface area contributed by atoms with Crippen molar-refractivity contribution in [2.45, 2.75) is 59.4 Å². The number of ether oxygens (including phenoxy) is 3. The highest BCUT2D eigenvalue weighted by molar-refractivity contribution is 6.39. The number of carbonyl (C=O) groups is 3. The summed E-state index contributed by atoms with van der Waals surface area (Å²) in [5.74, 6) is -1.29. The summed E-state index contributed by atoms with van der Waals surface area (Å²) in [6.45, 7) is 10.5. The first-order chi connectivity index (χ1) is 15.6. The van der Waals surface area contributed by atoms with Gasteiger partial charge in [0, 0.05) is 5.56 Å². The molecule has 0 spiro atoms. The second-order valence-corrected chi connectivity index (χ2v) is 10.1. The fourth-order valence-electron chi connectivity index (χ4n) is 2.68. The Bertz CT molecular complexity index is 1080. The fourth-order valence-corrected chi connectivity index (χ4v) is 3.24. The van der Waals surface area contributed by atoms with E-state index in [0.29, 0.717) is 15.6 Å². The van der Waals surface area contributed by atoms with Gasteiger partial charge in [0.25, 0.3) is 0 Å². The van der Waals surface area contributed by atoms with Crippen LogP contribution in [0.2, 0.25) is 10.0 Å². The van der Waals surface area contributed by atoms with Crippen molar-refractivity contribution in [1.82, 2.24) is 0 Å². The number of nitrogens with one attached hydrogen (secondary N) is 1. The highest BCUT2D eigenvalue weighted by atomic mass is 35.5. The third-order valence-corrected chi connectivity index (χ3v) is 4.66. The Kier molecular flexibility index (Phi) is 8.45. The van der Waals surface area contributed by atoms with E-state index in [0.717, 1.165) is 0 Å². The summed E-state index contributed by atoms with van der Waals surface area (Å²) in [5, 5.41) is 12.9. The van der Waals surface area contributed by atoms with Crippen molar-refractivity contribution in [2.75, 3.05) is 5.32 Å². The number of anilines is 1. The number of fused-ring (bicyclic) bond motifs is 2. The molecule has 0 aromatic heterocycles. The van der Waals surface area contributed by atoms with E-state index in [9.17, 15) is 19.5 Å². The van der Waals surface area contributed by atoms with Crippen LogP contribution in [0.25, 0.3) is 0 Å². The van der Waals surface area contributed by atoms with Crippen LogP contribution in [0.4, 0.5) is 10.5 Å². The second kappa shape index (κ2) is 10.5. The number of aromatic hydroxyl groups is 1. The number of hydrogen-bond acceptors (Lipinski definition) is 7. The minimum absolute atomic E-state index is 0.0225. The zero-order valence-electron chi connectivity index (χ0n) is 19.7. The Balaban J connectivity index is 0.000000248. The average Bonchev–Trinajstić information content (AvgIpc) is 2.74. The van der Waals surface area contributed by atoms with Gasteiger partial charge in [-0.3, -0.25) is 5.32 Å². The van der Waals surface area contributed by atoms with Crippen molar-refractivity contribution in [3.63, 3.8) is 0 Å². The number of benzene rings is 2. The van der Waals surface area contributed by atoms with Crippen molar-refractivity contribution < 1.29 is 33.7 Å². The van der Waals surface area contributed by atoms with E-state index in [1.165, 1.54) is 12.1 Å². The van der Waals surface area contributed by atoms with E-state index < -0.39 is 29.2 Å². The van der Waals surface area contributed by atoms with Gasteiger partial charge in [0.05, 0.1) is 21.2 Å². The Hall–Kier alpha value is -2.97. The first kappa shape index (κ1) is 27.3. The lowest BCUT2D eigenvalue weighted by Gasteiger charge is -2.20. The molecule has 8 nitrogen and oxygen atoms in total. The molecule has 0 saturated carbocycles. The zero-order valence-corrected chi connectivity index (χ0v) is 21.3. The molecule has 0 saturated heterocycles. The summed E-state index contributed by atoms with van der Waals surface area (Å²) < 4.78 is 15.2. The number of cyclic esters (lactones) is 1. The molecule has 0 unspecified atom stereocenters. The molecule has 2 aromatic rings. The van der Waals surface area contributed by atoms with E-state index in [1.807, 2.05) is 0 Å². The van der Waals surface area contributed by atoms with Gasteiger partial charge in [-0.05, 0) is 59.7 Å². The van der Waals surface area contributed by atoms with E-state index in [-0.39, 0.29) is 29.2 Å². The number of esters is 2. The van der Waals surface area contributed by atoms with Crippen LogP contribution < -0.4 is 5.32 Å². The molecule has 184 valence electrons. The fraction of sp³-hybridized carbons (Fsp3) is 0.375. The Morgan fingerprint density at radius 2 is 1.47 bits per heavy atom. The molecule has 1 aliphatic rings. The lowest BCUT2D eigenvalue weighted by atomic mass is 10.1. The van der Waals surface area contributed by atoms with E-state index in [4.69, 9.17) is 37.4 Å². The first-order valence-corrected chi connectivity index (χ1v) is 11.0. The Labute approximate surface area is 208 Å². The molecule has 2 bridgehead atoms. The maximum Gasteiger partial charge on any atom is 0.412 e. The molecular weight excluding hydrogens is 485 g/mol. The van der Waals surface area contributed by atoms with Crippen LogP contribution >= 0.6 is 23.2 Å². The molecule has 0 fully saturated rings. The van der Waals surface area contributed by atoms with Crippen LogP contribution in [0.15, 0.2) is 30.3 Å². The molecule has 1 heterocycles. The monoisotopic (exact) mass is 511 g/mol. The van der Waals surface area contributed by atoms with Gasteiger partial charge in [-0.1, -0.05) is 35.3 Å². The van der Waals surface area contributed by atoms with Crippen molar-refractivity contribution in [2.24, 2.45) is 0 Å². The number of phenols is 1. The normalized spacial score (nSPS) is 12.9. The van der Waals surface area contributed by atoms with Crippen molar-refractivity contribution in [1.29, 1.82) is 0 Å². The van der Waals surface area contributed by atoms with Gasteiger partial charge >= 0.3 is 18.0 Å². The third-order valence-electron chi connectivity index (χ3n) is 4.03. The maximum absolute atomic E-state index is 12.0. The maximum atomic E-state index is 12.0. The van der Waals surface area contributed by atoms with Crippen LogP contribution in [-0.2, 0) is 20.8 Å². The van der Waals surface area contributed by atoms with Crippen LogP contribution in [0.3, 0.4) is 0 Å². The predicted molar refractivity (Wildman–Crippen MR) is 129 cm³/mol. The Morgan fingerprint density at radius 3 is 2.00 bits per heavy atom. The molecule has 2 aromatic carbocycles. The quantitative estimate of drug-likeness (QED) is 0.274. The number of phenolic OH excluding ortho intramolecular Hbond substituents is 1. The summed E-state index contributed by atoms with van der Waals surface area (Å²) in [4.78, 5) is 35.1. The van der Waals surface area contributed by atoms with Gasteiger partial charge < -0.3 is 19.3 Å². The van der Waals surface area contributed by atoms with Gasteiger partial charge in [0.2, 0.25) is 0 Å². The number of carbonyl (C=O) groups excluding carboxylic acids is 3. The smallest absolute Gasteiger partial charge is 0.412 e. The average molecular weight is 512 g/mol. The predicted octanol–water partition coefficient (Wildman–Crippen LogP) is 6.36. The molecule has 0 radical (unpaired) electrons. The molecule has 0 atom stereocenters. The molecule has 34 heavy (non-hydrogen) atoms. The highest BCUT2D eigenvalue weighted by Gasteiger charge is 2.27. The largest absolute Gasteiger partial charge is 0.505 e. The number of rotatable bonds is 2. The summed E-state index contributed by atoms with van der Waals surface area (Å²) >= 11 is 11.7. The van der Waals surface area contributed by atoms with E-state index in [2.05, 4.69) is 5.32 Å². The summed E-state index contributed by atoms with van der Waals surface area (Å²) in [6.07, 6.45) is -0.721. The summed E-state index contributed by atoms with van der Waals surface area (Å²) in [6, 6.07) is 7.91. The summed E-state index contributed by atoms with van der Waals surface area (Å²) in [5.41, 5.74) is -0.455. The number of halogens is 2. The van der Waals surface area contributed by atoms with Gasteiger partial charge in [0.1, 0.15) is 29.2 Å². The lowest BCUT2D eigenvalue weighted by Crippen LogP contribution is -2.24. The highest BCUT2D eigenvalue weighted by Crippen LogP contribution is 2.35. The summed E-state index contributed by atoms with van der Waals surface area (Å²) in [7, 11) is 0. The lowest BCUT2D eigenvalue weighted by molar-refractivity contribution is 0.00576. The second-order valence-electron chi connectivity index (χ2n) is 9.30. The van der Waals surface area contributed by atoms with Crippen molar-refractivity contribution >= 4 is 46.9 Å². The molecule has 1 amide bonds. The first-order valence-electron chi connectivity index (χ1n) is 10.3.